The fraction of sp³-hybridized carbons (Fsp3) is 0.700. The second kappa shape index (κ2) is 20.8. The van der Waals surface area contributed by atoms with Crippen LogP contribution in [0.25, 0.3) is 28.6 Å². The van der Waals surface area contributed by atoms with Crippen LogP contribution in [0.5, 0.6) is 0 Å². The maximum atomic E-state index is 3.89. The molecule has 5 heterocycles. The van der Waals surface area contributed by atoms with Gasteiger partial charge in [0.05, 0.1) is 0 Å². The number of hydrogen-bond donors (Lipinski definition) is 0. The molecule has 0 amide bonds. The van der Waals surface area contributed by atoms with Gasteiger partial charge in [0.25, 0.3) is 0 Å². The van der Waals surface area contributed by atoms with E-state index in [4.69, 9.17) is 0 Å². The fourth-order valence-corrected chi connectivity index (χ4v) is 32.0. The van der Waals surface area contributed by atoms with Crippen molar-refractivity contribution in [2.24, 2.45) is 0 Å². The number of thiophene rings is 4. The van der Waals surface area contributed by atoms with Crippen molar-refractivity contribution in [1.29, 1.82) is 0 Å². The second-order valence-electron chi connectivity index (χ2n) is 14.5. The van der Waals surface area contributed by atoms with Crippen molar-refractivity contribution in [3.05, 3.63) is 19.7 Å². The summed E-state index contributed by atoms with van der Waals surface area (Å²) < 4.78 is 12.9. The summed E-state index contributed by atoms with van der Waals surface area (Å²) in [5.41, 5.74) is 0. The molecule has 0 fully saturated rings. The zero-order valence-electron chi connectivity index (χ0n) is 29.4. The van der Waals surface area contributed by atoms with Crippen LogP contribution >= 0.6 is 77.2 Å². The van der Waals surface area contributed by atoms with Gasteiger partial charge in [-0.25, -0.2) is 0 Å². The second-order valence-corrected chi connectivity index (χ2v) is 30.2. The summed E-state index contributed by atoms with van der Waals surface area (Å²) in [7, 11) is 0. The Hall–Kier alpha value is 0.823. The van der Waals surface area contributed by atoms with Gasteiger partial charge in [-0.3, -0.25) is 0 Å². The summed E-state index contributed by atoms with van der Waals surface area (Å²) in [6, 6.07) is 4.85. The summed E-state index contributed by atoms with van der Waals surface area (Å²) in [5, 5.41) is 3.02. The first-order valence-electron chi connectivity index (χ1n) is 19.5. The first-order chi connectivity index (χ1) is 23.1. The maximum absolute atomic E-state index is 3.89. The molecule has 0 radical (unpaired) electrons. The summed E-state index contributed by atoms with van der Waals surface area (Å²) in [6.45, 7) is 4.64. The molecule has 7 heteroatoms. The molecule has 0 N–H and O–H groups in total. The normalized spacial score (nSPS) is 13.8. The van der Waals surface area contributed by atoms with E-state index in [2.05, 4.69) is 80.5 Å². The summed E-state index contributed by atoms with van der Waals surface area (Å²) >= 11 is 13.5. The van der Waals surface area contributed by atoms with Gasteiger partial charge in [0, 0.05) is 0 Å². The molecular formula is C40H60Br2GeS4. The van der Waals surface area contributed by atoms with E-state index < -0.39 is 13.3 Å². The molecule has 0 unspecified atom stereocenters. The van der Waals surface area contributed by atoms with Crippen molar-refractivity contribution in [1.82, 2.24) is 0 Å². The van der Waals surface area contributed by atoms with Crippen LogP contribution in [0, 0.1) is 0 Å². The Bertz CT molecular complexity index is 1370. The van der Waals surface area contributed by atoms with Gasteiger partial charge in [-0.2, -0.15) is 0 Å². The van der Waals surface area contributed by atoms with E-state index in [1.807, 2.05) is 31.5 Å². The molecule has 5 rings (SSSR count). The Morgan fingerprint density at radius 3 is 1.04 bits per heavy atom. The van der Waals surface area contributed by atoms with Crippen molar-refractivity contribution in [2.45, 2.75) is 178 Å². The summed E-state index contributed by atoms with van der Waals surface area (Å²) in [6.07, 6.45) is 34.6. The van der Waals surface area contributed by atoms with Crippen LogP contribution in [0.1, 0.15) is 168 Å². The molecule has 4 aromatic heterocycles. The molecule has 0 nitrogen and oxygen atoms in total. The van der Waals surface area contributed by atoms with E-state index in [0.717, 1.165) is 0 Å². The number of unbranched alkanes of at least 4 members (excludes halogenated alkanes) is 22. The monoisotopic (exact) mass is 900 g/mol. The Morgan fingerprint density at radius 1 is 0.426 bits per heavy atom. The van der Waals surface area contributed by atoms with Crippen LogP contribution in [-0.2, 0) is 0 Å². The Balaban J connectivity index is 1.21. The average molecular weight is 902 g/mol. The van der Waals surface area contributed by atoms with Gasteiger partial charge in [-0.05, 0) is 0 Å². The quantitative estimate of drug-likeness (QED) is 0.0435. The Morgan fingerprint density at radius 2 is 0.723 bits per heavy atom. The van der Waals surface area contributed by atoms with Gasteiger partial charge >= 0.3 is 299 Å². The molecule has 0 aromatic carbocycles. The molecule has 47 heavy (non-hydrogen) atoms. The van der Waals surface area contributed by atoms with Crippen molar-refractivity contribution >= 4 is 118 Å². The van der Waals surface area contributed by atoms with Crippen molar-refractivity contribution in [3.63, 3.8) is 0 Å². The molecule has 0 atom stereocenters. The molecule has 262 valence electrons. The average Bonchev–Trinajstić information content (AvgIpc) is 3.83. The topological polar surface area (TPSA) is 0 Å². The standard InChI is InChI=1S/C40H60Br2GeS4/c1-3-5-7-9-11-13-15-17-19-21-23-25-27-43(28-26-24-22-20-18-16-14-12-10-8-6-4-2)35-37-31(29-33(41)46-37)44-39(35)40-36(43)38-32(45-40)30-34(42)47-38/h29-30H,3-28H2,1-2H3. The van der Waals surface area contributed by atoms with Crippen LogP contribution in [0.15, 0.2) is 19.7 Å². The van der Waals surface area contributed by atoms with Gasteiger partial charge in [0.2, 0.25) is 0 Å². The minimum atomic E-state index is -2.58. The molecule has 1 aliphatic heterocycles. The summed E-state index contributed by atoms with van der Waals surface area (Å²) in [4.78, 5) is 3.41. The zero-order valence-corrected chi connectivity index (χ0v) is 38.0. The van der Waals surface area contributed by atoms with Crippen molar-refractivity contribution < 1.29 is 0 Å². The zero-order chi connectivity index (χ0) is 32.9. The third kappa shape index (κ3) is 10.5. The van der Waals surface area contributed by atoms with Gasteiger partial charge < -0.3 is 0 Å². The first-order valence-corrected chi connectivity index (χ1v) is 29.5. The van der Waals surface area contributed by atoms with Crippen LogP contribution in [0.3, 0.4) is 0 Å². The van der Waals surface area contributed by atoms with Gasteiger partial charge in [0.15, 0.2) is 0 Å². The molecule has 0 spiro atoms. The molecule has 0 saturated carbocycles. The van der Waals surface area contributed by atoms with E-state index in [-0.39, 0.29) is 0 Å². The van der Waals surface area contributed by atoms with Crippen LogP contribution in [0.2, 0.25) is 10.5 Å². The molecule has 0 aliphatic carbocycles. The number of hydrogen-bond acceptors (Lipinski definition) is 4. The SMILES string of the molecule is CCCCCCCCCCCCC[CH2][Ge]1([CH2]CCCCCCCCCCCCC)[c]2c(sc3cc(Br)sc23)-c2sc3cc(Br)sc3[c]21. The third-order valence-electron chi connectivity index (χ3n) is 10.7. The molecule has 0 saturated heterocycles. The predicted octanol–water partition coefficient (Wildman–Crippen LogP) is 16.7. The fourth-order valence-electron chi connectivity index (χ4n) is 8.19. The van der Waals surface area contributed by atoms with E-state index in [9.17, 15) is 0 Å². The third-order valence-corrected chi connectivity index (χ3v) is 29.5. The predicted molar refractivity (Wildman–Crippen MR) is 231 cm³/mol. The number of halogens is 2. The van der Waals surface area contributed by atoms with Crippen LogP contribution < -0.4 is 8.79 Å². The molecule has 4 aromatic rings. The first kappa shape index (κ1) is 39.0. The van der Waals surface area contributed by atoms with Gasteiger partial charge in [0.1, 0.15) is 0 Å². The van der Waals surface area contributed by atoms with Gasteiger partial charge in [-0.15, -0.1) is 0 Å². The number of fused-ring (bicyclic) bond motifs is 7. The molecule has 1 aliphatic rings. The Kier molecular flexibility index (Phi) is 17.2. The summed E-state index contributed by atoms with van der Waals surface area (Å²) in [5.74, 6) is 0. The molecular weight excluding hydrogens is 841 g/mol. The Labute approximate surface area is 322 Å². The number of rotatable bonds is 26. The van der Waals surface area contributed by atoms with Crippen molar-refractivity contribution in [2.75, 3.05) is 0 Å². The van der Waals surface area contributed by atoms with E-state index in [1.54, 1.807) is 28.6 Å². The van der Waals surface area contributed by atoms with Crippen molar-refractivity contribution in [3.8, 4) is 9.75 Å². The minimum absolute atomic E-state index is 1.33. The van der Waals surface area contributed by atoms with E-state index in [0.29, 0.717) is 0 Å². The van der Waals surface area contributed by atoms with Crippen LogP contribution in [-0.4, -0.2) is 13.3 Å². The molecule has 0 bridgehead atoms. The van der Waals surface area contributed by atoms with E-state index in [1.165, 1.54) is 172 Å². The van der Waals surface area contributed by atoms with E-state index >= 15 is 0 Å². The van der Waals surface area contributed by atoms with Gasteiger partial charge in [-0.1, -0.05) is 26.7 Å². The van der Waals surface area contributed by atoms with Crippen LogP contribution in [0.4, 0.5) is 0 Å².